The fourth-order valence-electron chi connectivity index (χ4n) is 2.41. The molecule has 0 aliphatic carbocycles. The molecule has 1 heterocycles. The Labute approximate surface area is 144 Å². The van der Waals surface area contributed by atoms with E-state index in [-0.39, 0.29) is 31.6 Å². The number of benzene rings is 1. The highest BCUT2D eigenvalue weighted by Gasteiger charge is 2.27. The van der Waals surface area contributed by atoms with E-state index in [0.29, 0.717) is 30.2 Å². The quantitative estimate of drug-likeness (QED) is 0.768. The number of likely N-dealkylation sites (tertiary alicyclic amines) is 1. The van der Waals surface area contributed by atoms with Crippen molar-refractivity contribution in [1.29, 1.82) is 0 Å². The molecule has 1 saturated heterocycles. The van der Waals surface area contributed by atoms with E-state index in [1.54, 1.807) is 24.3 Å². The molecule has 0 radical (unpaired) electrons. The van der Waals surface area contributed by atoms with Crippen molar-refractivity contribution >= 4 is 29.4 Å². The van der Waals surface area contributed by atoms with Gasteiger partial charge < -0.3 is 20.1 Å². The van der Waals surface area contributed by atoms with Gasteiger partial charge in [-0.2, -0.15) is 0 Å². The second-order valence-electron chi connectivity index (χ2n) is 5.49. The highest BCUT2D eigenvalue weighted by atomic mass is 35.5. The summed E-state index contributed by atoms with van der Waals surface area (Å²) < 4.78 is 10.1. The number of piperidine rings is 1. The van der Waals surface area contributed by atoms with Crippen molar-refractivity contribution in [2.24, 2.45) is 11.7 Å². The van der Waals surface area contributed by atoms with Crippen molar-refractivity contribution in [2.45, 2.75) is 12.8 Å². The molecule has 1 aliphatic heterocycles. The number of amides is 2. The molecular formula is C16H19ClN2O5. The number of carbonyl (C=O) groups is 3. The van der Waals surface area contributed by atoms with Crippen LogP contribution in [0.3, 0.4) is 0 Å². The van der Waals surface area contributed by atoms with Crippen LogP contribution in [0.15, 0.2) is 24.3 Å². The van der Waals surface area contributed by atoms with Crippen molar-refractivity contribution < 1.29 is 23.9 Å². The van der Waals surface area contributed by atoms with Crippen LogP contribution in [0.25, 0.3) is 0 Å². The Morgan fingerprint density at radius 2 is 2.08 bits per heavy atom. The molecule has 0 bridgehead atoms. The van der Waals surface area contributed by atoms with E-state index in [2.05, 4.69) is 0 Å². The summed E-state index contributed by atoms with van der Waals surface area (Å²) in [4.78, 5) is 36.4. The molecule has 130 valence electrons. The molecule has 0 saturated carbocycles. The molecule has 7 nitrogen and oxygen atoms in total. The number of primary amides is 1. The van der Waals surface area contributed by atoms with E-state index in [0.717, 1.165) is 0 Å². The molecule has 1 aliphatic rings. The molecule has 24 heavy (non-hydrogen) atoms. The Kier molecular flexibility index (Phi) is 6.43. The maximum atomic E-state index is 12.0. The molecule has 1 atom stereocenters. The second kappa shape index (κ2) is 8.54. The minimum atomic E-state index is -0.660. The van der Waals surface area contributed by atoms with Gasteiger partial charge in [-0.3, -0.25) is 9.59 Å². The smallest absolute Gasteiger partial charge is 0.344 e. The van der Waals surface area contributed by atoms with E-state index in [1.165, 1.54) is 4.90 Å². The van der Waals surface area contributed by atoms with Gasteiger partial charge in [0, 0.05) is 18.1 Å². The molecule has 0 unspecified atom stereocenters. The lowest BCUT2D eigenvalue weighted by molar-refractivity contribution is -0.154. The fraction of sp³-hybridized carbons (Fsp3) is 0.438. The molecule has 0 aromatic heterocycles. The summed E-state index contributed by atoms with van der Waals surface area (Å²) in [6.07, 6.45) is 1.37. The van der Waals surface area contributed by atoms with Crippen LogP contribution in [0.5, 0.6) is 5.75 Å². The van der Waals surface area contributed by atoms with Crippen LogP contribution in [0, 0.1) is 5.92 Å². The van der Waals surface area contributed by atoms with Gasteiger partial charge in [-0.15, -0.1) is 0 Å². The van der Waals surface area contributed by atoms with Gasteiger partial charge in [-0.05, 0) is 31.0 Å². The van der Waals surface area contributed by atoms with Crippen LogP contribution in [0.1, 0.15) is 12.8 Å². The molecule has 1 aromatic carbocycles. The van der Waals surface area contributed by atoms with Gasteiger partial charge in [-0.1, -0.05) is 17.7 Å². The Morgan fingerprint density at radius 1 is 1.29 bits per heavy atom. The molecule has 2 N–H and O–H groups in total. The van der Waals surface area contributed by atoms with Crippen LogP contribution in [-0.2, 0) is 19.1 Å². The first kappa shape index (κ1) is 18.1. The topological polar surface area (TPSA) is 98.9 Å². The van der Waals surface area contributed by atoms with Gasteiger partial charge in [0.1, 0.15) is 5.75 Å². The Balaban J connectivity index is 1.73. The fourth-order valence-corrected chi connectivity index (χ4v) is 2.59. The van der Waals surface area contributed by atoms with Crippen LogP contribution in [0.4, 0.5) is 0 Å². The summed E-state index contributed by atoms with van der Waals surface area (Å²) >= 11 is 5.80. The van der Waals surface area contributed by atoms with Gasteiger partial charge in [0.15, 0.2) is 13.2 Å². The number of carbonyl (C=O) groups excluding carboxylic acids is 3. The van der Waals surface area contributed by atoms with Crippen molar-refractivity contribution in [1.82, 2.24) is 4.90 Å². The Bertz CT molecular complexity index is 622. The summed E-state index contributed by atoms with van der Waals surface area (Å²) in [6.45, 7) is 0.0880. The van der Waals surface area contributed by atoms with Gasteiger partial charge >= 0.3 is 5.97 Å². The minimum Gasteiger partial charge on any atom is -0.482 e. The van der Waals surface area contributed by atoms with Crippen LogP contribution in [-0.4, -0.2) is 49.0 Å². The Morgan fingerprint density at radius 3 is 2.79 bits per heavy atom. The van der Waals surface area contributed by atoms with E-state index >= 15 is 0 Å². The average Bonchev–Trinajstić information content (AvgIpc) is 2.58. The average molecular weight is 355 g/mol. The number of halogens is 1. The van der Waals surface area contributed by atoms with Crippen molar-refractivity contribution in [3.63, 3.8) is 0 Å². The number of nitrogens with two attached hydrogens (primary N) is 1. The van der Waals surface area contributed by atoms with Gasteiger partial charge in [-0.25, -0.2) is 4.79 Å². The summed E-state index contributed by atoms with van der Waals surface area (Å²) in [7, 11) is 0. The van der Waals surface area contributed by atoms with E-state index in [4.69, 9.17) is 26.8 Å². The van der Waals surface area contributed by atoms with Crippen LogP contribution >= 0.6 is 11.6 Å². The van der Waals surface area contributed by atoms with Gasteiger partial charge in [0.05, 0.1) is 5.92 Å². The van der Waals surface area contributed by atoms with E-state index in [1.807, 2.05) is 0 Å². The number of hydrogen-bond donors (Lipinski definition) is 1. The predicted molar refractivity (Wildman–Crippen MR) is 86.4 cm³/mol. The first-order chi connectivity index (χ1) is 11.5. The number of rotatable bonds is 6. The number of ether oxygens (including phenoxy) is 2. The molecular weight excluding hydrogens is 336 g/mol. The minimum absolute atomic E-state index is 0.269. The summed E-state index contributed by atoms with van der Waals surface area (Å²) in [5.41, 5.74) is 5.27. The lowest BCUT2D eigenvalue weighted by atomic mass is 9.97. The van der Waals surface area contributed by atoms with Crippen molar-refractivity contribution in [2.75, 3.05) is 26.3 Å². The molecule has 0 spiro atoms. The van der Waals surface area contributed by atoms with Gasteiger partial charge in [0.2, 0.25) is 5.91 Å². The van der Waals surface area contributed by atoms with E-state index in [9.17, 15) is 14.4 Å². The standard InChI is InChI=1S/C16H19ClN2O5/c17-12-4-1-5-13(7-12)23-10-15(21)24-9-14(20)19-6-2-3-11(8-19)16(18)22/h1,4-5,7,11H,2-3,6,8-10H2,(H2,18,22)/t11-/m0/s1. The molecule has 1 fully saturated rings. The van der Waals surface area contributed by atoms with Crippen molar-refractivity contribution in [3.05, 3.63) is 29.3 Å². The van der Waals surface area contributed by atoms with Crippen LogP contribution < -0.4 is 10.5 Å². The van der Waals surface area contributed by atoms with Crippen LogP contribution in [0.2, 0.25) is 5.02 Å². The third-order valence-electron chi connectivity index (χ3n) is 3.69. The van der Waals surface area contributed by atoms with Crippen molar-refractivity contribution in [3.8, 4) is 5.75 Å². The predicted octanol–water partition coefficient (Wildman–Crippen LogP) is 0.986. The highest BCUT2D eigenvalue weighted by Crippen LogP contribution is 2.17. The SMILES string of the molecule is NC(=O)[C@H]1CCCN(C(=O)COC(=O)COc2cccc(Cl)c2)C1. The lowest BCUT2D eigenvalue weighted by Gasteiger charge is -2.31. The lowest BCUT2D eigenvalue weighted by Crippen LogP contribution is -2.45. The highest BCUT2D eigenvalue weighted by molar-refractivity contribution is 6.30. The summed E-state index contributed by atoms with van der Waals surface area (Å²) in [5, 5.41) is 0.491. The zero-order chi connectivity index (χ0) is 17.5. The maximum Gasteiger partial charge on any atom is 0.344 e. The second-order valence-corrected chi connectivity index (χ2v) is 5.92. The summed E-state index contributed by atoms with van der Waals surface area (Å²) in [5.74, 6) is -1.33. The molecule has 2 rings (SSSR count). The first-order valence-corrected chi connectivity index (χ1v) is 7.94. The largest absolute Gasteiger partial charge is 0.482 e. The summed E-state index contributed by atoms with van der Waals surface area (Å²) in [6, 6.07) is 6.60. The Hall–Kier alpha value is -2.28. The monoisotopic (exact) mass is 354 g/mol. The van der Waals surface area contributed by atoms with E-state index < -0.39 is 11.9 Å². The maximum absolute atomic E-state index is 12.0. The third kappa shape index (κ3) is 5.42. The normalized spacial score (nSPS) is 17.2. The first-order valence-electron chi connectivity index (χ1n) is 7.57. The number of esters is 1. The third-order valence-corrected chi connectivity index (χ3v) is 3.92. The molecule has 8 heteroatoms. The number of hydrogen-bond acceptors (Lipinski definition) is 5. The molecule has 1 aromatic rings. The zero-order valence-electron chi connectivity index (χ0n) is 13.1. The number of nitrogens with zero attached hydrogens (tertiary/aromatic N) is 1. The van der Waals surface area contributed by atoms with Gasteiger partial charge in [0.25, 0.3) is 5.91 Å². The molecule has 2 amide bonds. The zero-order valence-corrected chi connectivity index (χ0v) is 13.8.